The summed E-state index contributed by atoms with van der Waals surface area (Å²) < 4.78 is 10.5. The molecule has 2 fully saturated rings. The molecule has 0 saturated heterocycles. The van der Waals surface area contributed by atoms with E-state index in [1.54, 1.807) is 6.92 Å². The predicted octanol–water partition coefficient (Wildman–Crippen LogP) is 2.88. The molecule has 0 aliphatic heterocycles. The van der Waals surface area contributed by atoms with Crippen LogP contribution >= 0.6 is 0 Å². The number of esters is 1. The largest absolute Gasteiger partial charge is 0.464 e. The van der Waals surface area contributed by atoms with Crippen molar-refractivity contribution >= 4 is 12.1 Å². The van der Waals surface area contributed by atoms with Crippen LogP contribution in [0.4, 0.5) is 4.79 Å². The smallest absolute Gasteiger partial charge is 0.408 e. The minimum atomic E-state index is -0.571. The summed E-state index contributed by atoms with van der Waals surface area (Å²) in [7, 11) is 0. The van der Waals surface area contributed by atoms with Crippen molar-refractivity contribution in [3.05, 3.63) is 0 Å². The van der Waals surface area contributed by atoms with Gasteiger partial charge in [0.1, 0.15) is 11.6 Å². The van der Waals surface area contributed by atoms with Crippen molar-refractivity contribution in [3.63, 3.8) is 0 Å². The molecule has 21 heavy (non-hydrogen) atoms. The molecule has 1 amide bonds. The summed E-state index contributed by atoms with van der Waals surface area (Å²) in [4.78, 5) is 24.3. The van der Waals surface area contributed by atoms with Crippen LogP contribution in [0.5, 0.6) is 0 Å². The van der Waals surface area contributed by atoms with Gasteiger partial charge >= 0.3 is 12.1 Å². The van der Waals surface area contributed by atoms with E-state index in [1.165, 1.54) is 0 Å². The number of ether oxygens (including phenoxy) is 2. The first-order chi connectivity index (χ1) is 9.81. The van der Waals surface area contributed by atoms with Gasteiger partial charge in [-0.15, -0.1) is 0 Å². The number of amides is 1. The zero-order valence-corrected chi connectivity index (χ0v) is 13.5. The molecule has 0 unspecified atom stereocenters. The molecule has 5 nitrogen and oxygen atoms in total. The van der Waals surface area contributed by atoms with E-state index >= 15 is 0 Å². The highest BCUT2D eigenvalue weighted by Gasteiger charge is 2.49. The highest BCUT2D eigenvalue weighted by atomic mass is 16.6. The molecular weight excluding hydrogens is 270 g/mol. The summed E-state index contributed by atoms with van der Waals surface area (Å²) in [5.41, 5.74) is -0.571. The van der Waals surface area contributed by atoms with Crippen LogP contribution in [-0.2, 0) is 14.3 Å². The second-order valence-electron chi connectivity index (χ2n) is 7.13. The number of hydrogen-bond acceptors (Lipinski definition) is 4. The third-order valence-electron chi connectivity index (χ3n) is 3.93. The molecule has 0 aromatic carbocycles. The third kappa shape index (κ3) is 4.90. The molecule has 0 spiro atoms. The van der Waals surface area contributed by atoms with Crippen molar-refractivity contribution in [2.24, 2.45) is 17.8 Å². The minimum absolute atomic E-state index is 0.205. The fourth-order valence-electron chi connectivity index (χ4n) is 2.87. The number of hydrogen-bond donors (Lipinski definition) is 1. The first-order valence-electron chi connectivity index (χ1n) is 7.98. The van der Waals surface area contributed by atoms with Gasteiger partial charge < -0.3 is 14.8 Å². The first kappa shape index (κ1) is 16.1. The lowest BCUT2D eigenvalue weighted by Crippen LogP contribution is -2.49. The maximum Gasteiger partial charge on any atom is 0.408 e. The summed E-state index contributed by atoms with van der Waals surface area (Å²) in [6.45, 7) is 7.54. The maximum atomic E-state index is 12.3. The average molecular weight is 297 g/mol. The normalized spacial score (nSPS) is 20.0. The highest BCUT2D eigenvalue weighted by molar-refractivity contribution is 5.82. The Morgan fingerprint density at radius 1 is 1.14 bits per heavy atom. The molecule has 2 rings (SSSR count). The van der Waals surface area contributed by atoms with Gasteiger partial charge in [0.15, 0.2) is 0 Å². The number of rotatable bonds is 6. The van der Waals surface area contributed by atoms with E-state index in [0.29, 0.717) is 18.4 Å². The van der Waals surface area contributed by atoms with E-state index in [9.17, 15) is 9.59 Å². The van der Waals surface area contributed by atoms with Crippen molar-refractivity contribution in [1.29, 1.82) is 0 Å². The van der Waals surface area contributed by atoms with Crippen LogP contribution in [0.3, 0.4) is 0 Å². The van der Waals surface area contributed by atoms with Crippen LogP contribution in [0.2, 0.25) is 0 Å². The topological polar surface area (TPSA) is 64.6 Å². The lowest BCUT2D eigenvalue weighted by molar-refractivity contribution is -0.147. The Balaban J connectivity index is 2.04. The number of carbonyl (C=O) groups excluding carboxylic acids is 2. The molecule has 2 aliphatic rings. The Morgan fingerprint density at radius 2 is 1.67 bits per heavy atom. The van der Waals surface area contributed by atoms with E-state index < -0.39 is 17.7 Å². The van der Waals surface area contributed by atoms with Crippen molar-refractivity contribution in [2.75, 3.05) is 6.61 Å². The zero-order valence-electron chi connectivity index (χ0n) is 13.5. The quantitative estimate of drug-likeness (QED) is 0.766. The molecule has 0 heterocycles. The first-order valence-corrected chi connectivity index (χ1v) is 7.98. The van der Waals surface area contributed by atoms with Gasteiger partial charge in [0.05, 0.1) is 6.61 Å². The summed E-state index contributed by atoms with van der Waals surface area (Å²) in [6, 6.07) is -0.570. The van der Waals surface area contributed by atoms with Crippen molar-refractivity contribution < 1.29 is 19.1 Å². The Hall–Kier alpha value is -1.26. The van der Waals surface area contributed by atoms with Gasteiger partial charge in [0, 0.05) is 0 Å². The van der Waals surface area contributed by atoms with Gasteiger partial charge in [-0.3, -0.25) is 0 Å². The van der Waals surface area contributed by atoms with Crippen LogP contribution in [-0.4, -0.2) is 30.3 Å². The summed E-state index contributed by atoms with van der Waals surface area (Å²) in [5, 5.41) is 2.77. The van der Waals surface area contributed by atoms with Crippen LogP contribution in [0.25, 0.3) is 0 Å². The van der Waals surface area contributed by atoms with Gasteiger partial charge in [-0.05, 0) is 71.1 Å². The van der Waals surface area contributed by atoms with E-state index in [0.717, 1.165) is 25.7 Å². The lowest BCUT2D eigenvalue weighted by Gasteiger charge is -2.28. The van der Waals surface area contributed by atoms with E-state index in [2.05, 4.69) is 5.32 Å². The fourth-order valence-corrected chi connectivity index (χ4v) is 2.87. The van der Waals surface area contributed by atoms with Crippen LogP contribution in [0, 0.1) is 17.8 Å². The van der Waals surface area contributed by atoms with Gasteiger partial charge in [-0.1, -0.05) is 0 Å². The monoisotopic (exact) mass is 297 g/mol. The molecule has 5 heteroatoms. The van der Waals surface area contributed by atoms with Gasteiger partial charge in [0.25, 0.3) is 0 Å². The molecule has 2 aliphatic carbocycles. The van der Waals surface area contributed by atoms with E-state index in [1.807, 2.05) is 20.8 Å². The molecule has 1 atom stereocenters. The summed E-state index contributed by atoms with van der Waals surface area (Å²) in [6.07, 6.45) is 4.05. The van der Waals surface area contributed by atoms with Crippen molar-refractivity contribution in [1.82, 2.24) is 5.32 Å². The fraction of sp³-hybridized carbons (Fsp3) is 0.875. The second-order valence-corrected chi connectivity index (χ2v) is 7.13. The summed E-state index contributed by atoms with van der Waals surface area (Å²) >= 11 is 0. The molecular formula is C16H27NO4. The Bertz CT molecular complexity index is 382. The number of alkyl carbamates (subject to hydrolysis) is 1. The summed E-state index contributed by atoms with van der Waals surface area (Å²) in [5.74, 6) is 0.965. The molecule has 1 N–H and O–H groups in total. The predicted molar refractivity (Wildman–Crippen MR) is 78.7 cm³/mol. The molecule has 0 bridgehead atoms. The molecule has 0 aromatic heterocycles. The van der Waals surface area contributed by atoms with Crippen LogP contribution < -0.4 is 5.32 Å². The van der Waals surface area contributed by atoms with Crippen molar-refractivity contribution in [2.45, 2.75) is 65.0 Å². The zero-order chi connectivity index (χ0) is 15.6. The second kappa shape index (κ2) is 6.24. The highest BCUT2D eigenvalue weighted by Crippen LogP contribution is 2.50. The van der Waals surface area contributed by atoms with Gasteiger partial charge in [0.2, 0.25) is 0 Å². The average Bonchev–Trinajstić information content (AvgIpc) is 3.21. The van der Waals surface area contributed by atoms with E-state index in [-0.39, 0.29) is 11.9 Å². The van der Waals surface area contributed by atoms with E-state index in [4.69, 9.17) is 9.47 Å². The number of nitrogens with one attached hydrogen (secondary N) is 1. The Kier molecular flexibility index (Phi) is 4.79. The third-order valence-corrected chi connectivity index (χ3v) is 3.93. The Morgan fingerprint density at radius 3 is 2.05 bits per heavy atom. The van der Waals surface area contributed by atoms with Crippen LogP contribution in [0.15, 0.2) is 0 Å². The molecule has 0 aromatic rings. The van der Waals surface area contributed by atoms with Crippen molar-refractivity contribution in [3.8, 4) is 0 Å². The lowest BCUT2D eigenvalue weighted by atomic mass is 9.89. The number of carbonyl (C=O) groups is 2. The Labute approximate surface area is 126 Å². The molecule has 0 radical (unpaired) electrons. The standard InChI is InChI=1S/C16H27NO4/c1-5-20-14(18)13(17-15(19)21-16(2,3)4)12(10-6-7-10)11-8-9-11/h10-13H,5-9H2,1-4H3,(H,17,19)/t13-/m0/s1. The van der Waals surface area contributed by atoms with Gasteiger partial charge in [-0.25, -0.2) is 9.59 Å². The maximum absolute atomic E-state index is 12.3. The van der Waals surface area contributed by atoms with Crippen LogP contribution in [0.1, 0.15) is 53.4 Å². The molecule has 120 valence electrons. The SMILES string of the molecule is CCOC(=O)[C@@H](NC(=O)OC(C)(C)C)C(C1CC1)C1CC1. The minimum Gasteiger partial charge on any atom is -0.464 e. The van der Waals surface area contributed by atoms with Gasteiger partial charge in [-0.2, -0.15) is 0 Å². The molecule has 2 saturated carbocycles.